The Labute approximate surface area is 347 Å². The molecule has 3 aromatic rings. The lowest BCUT2D eigenvalue weighted by Crippen LogP contribution is -2.74. The summed E-state index contributed by atoms with van der Waals surface area (Å²) >= 11 is 6.25. The maximum Gasteiger partial charge on any atom is 0.265 e. The molecule has 0 bridgehead atoms. The second kappa shape index (κ2) is 15.3. The summed E-state index contributed by atoms with van der Waals surface area (Å²) in [7, 11) is 0. The Hall–Kier alpha value is -5.52. The molecule has 8 rings (SSSR count). The van der Waals surface area contributed by atoms with Gasteiger partial charge in [0.15, 0.2) is 5.82 Å². The van der Waals surface area contributed by atoms with Crippen molar-refractivity contribution in [1.29, 1.82) is 5.26 Å². The first-order chi connectivity index (χ1) is 28.1. The first kappa shape index (κ1) is 40.3. The van der Waals surface area contributed by atoms with E-state index in [2.05, 4.69) is 54.2 Å². The third kappa shape index (κ3) is 7.08. The SMILES string of the molecule is CC1(C)C(NC(=O)c2ccc(N3CCN(C4CCN(c5ccc6c(c5F)C(=O)N(C5CCC(=O)NC5=O)C6=O)CC4)CC3)cc2)C(C)(C)C1Oc1ccc(C#N)c(Cl)c1. The van der Waals surface area contributed by atoms with E-state index in [1.165, 1.54) is 6.07 Å². The lowest BCUT2D eigenvalue weighted by atomic mass is 9.49. The number of piperidine rings is 2. The number of fused-ring (bicyclic) bond motifs is 1. The van der Waals surface area contributed by atoms with Crippen LogP contribution in [-0.4, -0.2) is 103 Å². The van der Waals surface area contributed by atoms with Crippen molar-refractivity contribution in [2.75, 3.05) is 49.1 Å². The molecule has 1 unspecified atom stereocenters. The van der Waals surface area contributed by atoms with Crippen molar-refractivity contribution in [2.45, 2.75) is 77.6 Å². The van der Waals surface area contributed by atoms with Crippen LogP contribution in [0.3, 0.4) is 0 Å². The molecule has 1 atom stereocenters. The molecule has 1 saturated carbocycles. The van der Waals surface area contributed by atoms with Crippen molar-refractivity contribution in [3.8, 4) is 11.8 Å². The quantitative estimate of drug-likeness (QED) is 0.292. The van der Waals surface area contributed by atoms with Gasteiger partial charge in [-0.15, -0.1) is 0 Å². The molecule has 13 nitrogen and oxygen atoms in total. The Morgan fingerprint density at radius 3 is 2.19 bits per heavy atom. The lowest BCUT2D eigenvalue weighted by molar-refractivity contribution is -0.164. The molecule has 1 aliphatic carbocycles. The van der Waals surface area contributed by atoms with Gasteiger partial charge in [-0.1, -0.05) is 39.3 Å². The van der Waals surface area contributed by atoms with E-state index in [1.54, 1.807) is 24.3 Å². The molecule has 15 heteroatoms. The number of hydrogen-bond acceptors (Lipinski definition) is 10. The van der Waals surface area contributed by atoms with Gasteiger partial charge in [-0.05, 0) is 67.8 Å². The molecule has 5 aliphatic rings. The Morgan fingerprint density at radius 2 is 1.56 bits per heavy atom. The van der Waals surface area contributed by atoms with Gasteiger partial charge in [0.25, 0.3) is 17.7 Å². The van der Waals surface area contributed by atoms with Crippen molar-refractivity contribution in [2.24, 2.45) is 10.8 Å². The number of piperazine rings is 1. The topological polar surface area (TPSA) is 155 Å². The summed E-state index contributed by atoms with van der Waals surface area (Å²) in [5.74, 6) is -3.09. The van der Waals surface area contributed by atoms with Crippen LogP contribution in [0.25, 0.3) is 0 Å². The summed E-state index contributed by atoms with van der Waals surface area (Å²) in [6, 6.07) is 16.8. The predicted molar refractivity (Wildman–Crippen MR) is 218 cm³/mol. The Balaban J connectivity index is 0.822. The number of rotatable bonds is 8. The molecule has 308 valence electrons. The van der Waals surface area contributed by atoms with Crippen LogP contribution in [0, 0.1) is 28.0 Å². The number of imide groups is 2. The van der Waals surface area contributed by atoms with Crippen molar-refractivity contribution < 1.29 is 33.1 Å². The summed E-state index contributed by atoms with van der Waals surface area (Å²) in [6.45, 7) is 12.8. The first-order valence-electron chi connectivity index (χ1n) is 20.2. The van der Waals surface area contributed by atoms with Crippen molar-refractivity contribution in [3.05, 3.63) is 87.7 Å². The highest BCUT2D eigenvalue weighted by atomic mass is 35.5. The zero-order valence-electron chi connectivity index (χ0n) is 33.5. The van der Waals surface area contributed by atoms with Crippen molar-refractivity contribution in [1.82, 2.24) is 20.4 Å². The van der Waals surface area contributed by atoms with E-state index in [9.17, 15) is 29.2 Å². The highest BCUT2D eigenvalue weighted by Crippen LogP contribution is 2.55. The van der Waals surface area contributed by atoms with Crippen molar-refractivity contribution >= 4 is 52.5 Å². The Morgan fingerprint density at radius 1 is 0.881 bits per heavy atom. The molecule has 3 saturated heterocycles. The van der Waals surface area contributed by atoms with Crippen LogP contribution in [0.4, 0.5) is 15.8 Å². The fourth-order valence-electron chi connectivity index (χ4n) is 10.2. The molecular formula is C44H47ClFN7O6. The third-order valence-electron chi connectivity index (χ3n) is 13.1. The molecule has 59 heavy (non-hydrogen) atoms. The van der Waals surface area contributed by atoms with Gasteiger partial charge in [0.2, 0.25) is 11.8 Å². The van der Waals surface area contributed by atoms with Gasteiger partial charge in [0, 0.05) is 85.9 Å². The first-order valence-corrected chi connectivity index (χ1v) is 20.5. The molecule has 4 fully saturated rings. The number of ether oxygens (including phenoxy) is 1. The van der Waals surface area contributed by atoms with Crippen LogP contribution in [-0.2, 0) is 9.59 Å². The predicted octanol–water partition coefficient (Wildman–Crippen LogP) is 5.15. The number of nitrogens with one attached hydrogen (secondary N) is 2. The minimum absolute atomic E-state index is 0.00688. The number of carbonyl (C=O) groups is 5. The van der Waals surface area contributed by atoms with Crippen molar-refractivity contribution in [3.63, 3.8) is 0 Å². The van der Waals surface area contributed by atoms with E-state index in [1.807, 2.05) is 29.2 Å². The van der Waals surface area contributed by atoms with E-state index in [-0.39, 0.29) is 58.5 Å². The van der Waals surface area contributed by atoms with E-state index in [0.717, 1.165) is 49.6 Å². The highest BCUT2D eigenvalue weighted by Gasteiger charge is 2.64. The van der Waals surface area contributed by atoms with Crippen LogP contribution in [0.15, 0.2) is 54.6 Å². The van der Waals surface area contributed by atoms with Gasteiger partial charge < -0.3 is 19.9 Å². The zero-order chi connectivity index (χ0) is 42.0. The molecule has 5 amide bonds. The Bertz CT molecular complexity index is 2260. The number of hydrogen-bond donors (Lipinski definition) is 2. The molecule has 2 N–H and O–H groups in total. The summed E-state index contributed by atoms with van der Waals surface area (Å²) in [6.07, 6.45) is 1.41. The van der Waals surface area contributed by atoms with E-state index in [4.69, 9.17) is 16.3 Å². The van der Waals surface area contributed by atoms with Gasteiger partial charge >= 0.3 is 0 Å². The van der Waals surface area contributed by atoms with Crippen LogP contribution in [0.5, 0.6) is 5.75 Å². The summed E-state index contributed by atoms with van der Waals surface area (Å²) in [4.78, 5) is 71.5. The smallest absolute Gasteiger partial charge is 0.265 e. The molecule has 3 aromatic carbocycles. The molecule has 4 heterocycles. The highest BCUT2D eigenvalue weighted by molar-refractivity contribution is 6.31. The van der Waals surface area contributed by atoms with Crippen LogP contribution in [0.2, 0.25) is 5.02 Å². The van der Waals surface area contributed by atoms with Gasteiger partial charge in [-0.2, -0.15) is 5.26 Å². The van der Waals surface area contributed by atoms with E-state index >= 15 is 4.39 Å². The van der Waals surface area contributed by atoms with Gasteiger partial charge in [-0.25, -0.2) is 4.39 Å². The maximum atomic E-state index is 16.0. The number of benzene rings is 3. The fourth-order valence-corrected chi connectivity index (χ4v) is 10.4. The van der Waals surface area contributed by atoms with Gasteiger partial charge in [-0.3, -0.25) is 39.1 Å². The standard InChI is InChI=1S/C44H47ClFN7O6/c1-43(2)41(44(3,4)42(43)59-29-10-7-26(24-47)31(45)23-29)49-37(55)25-5-8-27(9-6-25)50-19-21-51(22-20-50)28-15-17-52(18-16-28)32-12-11-30-35(36(32)46)40(58)53(39(30)57)33-13-14-34(54)48-38(33)56/h5-12,23,28,33,41-42H,13-22H2,1-4H3,(H,49,55)(H,48,54,56). The summed E-state index contributed by atoms with van der Waals surface area (Å²) < 4.78 is 22.4. The number of halogens is 2. The fraction of sp³-hybridized carbons (Fsp3) is 0.455. The molecule has 0 radical (unpaired) electrons. The number of carbonyl (C=O) groups excluding carboxylic acids is 5. The third-order valence-corrected chi connectivity index (χ3v) is 13.4. The number of nitrogens with zero attached hydrogens (tertiary/aromatic N) is 5. The molecular weight excluding hydrogens is 777 g/mol. The average molecular weight is 824 g/mol. The van der Waals surface area contributed by atoms with E-state index < -0.39 is 35.5 Å². The number of amides is 5. The second-order valence-electron chi connectivity index (χ2n) is 17.4. The van der Waals surface area contributed by atoms with Crippen LogP contribution >= 0.6 is 11.6 Å². The molecule has 0 spiro atoms. The lowest BCUT2D eigenvalue weighted by Gasteiger charge is -2.63. The minimum atomic E-state index is -1.15. The van der Waals surface area contributed by atoms with Crippen LogP contribution < -0.4 is 25.2 Å². The normalized spacial score (nSPS) is 24.3. The summed E-state index contributed by atoms with van der Waals surface area (Å²) in [5, 5.41) is 15.0. The largest absolute Gasteiger partial charge is 0.489 e. The number of nitriles is 1. The average Bonchev–Trinajstić information content (AvgIpc) is 3.48. The van der Waals surface area contributed by atoms with Gasteiger partial charge in [0.1, 0.15) is 24.0 Å². The van der Waals surface area contributed by atoms with Gasteiger partial charge in [0.05, 0.1) is 27.4 Å². The summed E-state index contributed by atoms with van der Waals surface area (Å²) in [5.41, 5.74) is 1.14. The van der Waals surface area contributed by atoms with Crippen LogP contribution in [0.1, 0.15) is 90.0 Å². The van der Waals surface area contributed by atoms with E-state index in [0.29, 0.717) is 41.0 Å². The molecule has 0 aromatic heterocycles. The monoisotopic (exact) mass is 823 g/mol. The Kier molecular flexibility index (Phi) is 10.4. The minimum Gasteiger partial charge on any atom is -0.489 e. The number of anilines is 2. The molecule has 4 aliphatic heterocycles. The second-order valence-corrected chi connectivity index (χ2v) is 17.8. The zero-order valence-corrected chi connectivity index (χ0v) is 34.3. The maximum absolute atomic E-state index is 16.0.